The number of nitrogens with zero attached hydrogens (tertiary/aromatic N) is 1. The Morgan fingerprint density at radius 3 is 2.71 bits per heavy atom. The lowest BCUT2D eigenvalue weighted by Gasteiger charge is -2.09. The Kier molecular flexibility index (Phi) is 4.71. The summed E-state index contributed by atoms with van der Waals surface area (Å²) < 4.78 is 31.7. The minimum Gasteiger partial charge on any atom is -0.465 e. The number of benzene rings is 1. The number of carbonyl (C=O) groups excluding carboxylic acids is 1. The molecule has 0 radical (unpaired) electrons. The highest BCUT2D eigenvalue weighted by Gasteiger charge is 2.22. The lowest BCUT2D eigenvalue weighted by atomic mass is 10.2. The van der Waals surface area contributed by atoms with Gasteiger partial charge in [0.15, 0.2) is 0 Å². The number of nitrogens with one attached hydrogen (secondary N) is 1. The van der Waals surface area contributed by atoms with E-state index in [0.29, 0.717) is 5.01 Å². The number of hydrogen-bond donors (Lipinski definition) is 1. The molecule has 0 saturated heterocycles. The Morgan fingerprint density at radius 1 is 1.38 bits per heavy atom. The van der Waals surface area contributed by atoms with Gasteiger partial charge in [0, 0.05) is 11.1 Å². The number of aryl methyl sites for hydroxylation is 1. The van der Waals surface area contributed by atoms with Crippen LogP contribution >= 0.6 is 11.3 Å². The van der Waals surface area contributed by atoms with Crippen LogP contribution in [-0.2, 0) is 21.3 Å². The summed E-state index contributed by atoms with van der Waals surface area (Å²) in [6, 6.07) is 5.90. The number of rotatable bonds is 5. The summed E-state index contributed by atoms with van der Waals surface area (Å²) in [6.07, 6.45) is 0. The van der Waals surface area contributed by atoms with E-state index < -0.39 is 16.0 Å². The van der Waals surface area contributed by atoms with Gasteiger partial charge in [-0.25, -0.2) is 22.9 Å². The van der Waals surface area contributed by atoms with Gasteiger partial charge in [-0.15, -0.1) is 11.3 Å². The Labute approximate surface area is 126 Å². The van der Waals surface area contributed by atoms with Crippen LogP contribution in [0.3, 0.4) is 0 Å². The van der Waals surface area contributed by atoms with Crippen molar-refractivity contribution in [2.75, 3.05) is 7.11 Å². The van der Waals surface area contributed by atoms with Crippen LogP contribution in [0.5, 0.6) is 0 Å². The van der Waals surface area contributed by atoms with E-state index in [0.717, 1.165) is 5.69 Å². The fraction of sp³-hybridized carbons (Fsp3) is 0.231. The summed E-state index contributed by atoms with van der Waals surface area (Å²) in [5, 5.41) is 2.50. The number of ether oxygens (including phenoxy) is 1. The second-order valence-electron chi connectivity index (χ2n) is 4.19. The second kappa shape index (κ2) is 6.33. The first-order valence-corrected chi connectivity index (χ1v) is 8.38. The van der Waals surface area contributed by atoms with Crippen LogP contribution in [-0.4, -0.2) is 26.5 Å². The van der Waals surface area contributed by atoms with Crippen molar-refractivity contribution < 1.29 is 17.9 Å². The predicted molar refractivity (Wildman–Crippen MR) is 78.7 cm³/mol. The van der Waals surface area contributed by atoms with Crippen LogP contribution in [0.15, 0.2) is 34.5 Å². The molecule has 0 bridgehead atoms. The maximum atomic E-state index is 12.3. The van der Waals surface area contributed by atoms with Crippen molar-refractivity contribution in [3.05, 3.63) is 45.9 Å². The highest BCUT2D eigenvalue weighted by molar-refractivity contribution is 7.89. The van der Waals surface area contributed by atoms with Gasteiger partial charge >= 0.3 is 5.97 Å². The topological polar surface area (TPSA) is 85.4 Å². The summed E-state index contributed by atoms with van der Waals surface area (Å²) in [4.78, 5) is 15.7. The molecule has 0 aliphatic heterocycles. The van der Waals surface area contributed by atoms with Crippen molar-refractivity contribution in [3.63, 3.8) is 0 Å². The highest BCUT2D eigenvalue weighted by atomic mass is 32.2. The molecule has 1 aromatic carbocycles. The molecule has 112 valence electrons. The molecule has 0 unspecified atom stereocenters. The van der Waals surface area contributed by atoms with Gasteiger partial charge in [-0.2, -0.15) is 0 Å². The fourth-order valence-corrected chi connectivity index (χ4v) is 3.68. The van der Waals surface area contributed by atoms with E-state index in [4.69, 9.17) is 0 Å². The number of carbonyl (C=O) groups is 1. The molecule has 0 aliphatic rings. The molecule has 0 saturated carbocycles. The van der Waals surface area contributed by atoms with E-state index >= 15 is 0 Å². The summed E-state index contributed by atoms with van der Waals surface area (Å²) in [5.41, 5.74) is 0.840. The van der Waals surface area contributed by atoms with Crippen molar-refractivity contribution in [2.45, 2.75) is 18.4 Å². The summed E-state index contributed by atoms with van der Waals surface area (Å²) >= 11 is 1.37. The number of thiazole rings is 1. The summed E-state index contributed by atoms with van der Waals surface area (Å²) in [6.45, 7) is 1.91. The highest BCUT2D eigenvalue weighted by Crippen LogP contribution is 2.17. The molecule has 0 atom stereocenters. The maximum Gasteiger partial charge on any atom is 0.339 e. The van der Waals surface area contributed by atoms with E-state index in [9.17, 15) is 13.2 Å². The molecule has 2 aromatic rings. The third-order valence-corrected chi connectivity index (χ3v) is 5.09. The van der Waals surface area contributed by atoms with Crippen LogP contribution < -0.4 is 4.72 Å². The van der Waals surface area contributed by atoms with Gasteiger partial charge in [0.2, 0.25) is 10.0 Å². The smallest absolute Gasteiger partial charge is 0.339 e. The predicted octanol–water partition coefficient (Wildman–Crippen LogP) is 1.72. The largest absolute Gasteiger partial charge is 0.465 e. The SMILES string of the molecule is COC(=O)c1ccccc1S(=O)(=O)NCc1nc(C)cs1. The van der Waals surface area contributed by atoms with Gasteiger partial charge in [-0.1, -0.05) is 12.1 Å². The molecule has 6 nitrogen and oxygen atoms in total. The molecule has 0 fully saturated rings. The fourth-order valence-electron chi connectivity index (χ4n) is 1.70. The quantitative estimate of drug-likeness (QED) is 0.846. The molecule has 0 aliphatic carbocycles. The second-order valence-corrected chi connectivity index (χ2v) is 6.87. The lowest BCUT2D eigenvalue weighted by molar-refractivity contribution is 0.0596. The van der Waals surface area contributed by atoms with Crippen LogP contribution in [0.4, 0.5) is 0 Å². The van der Waals surface area contributed by atoms with Gasteiger partial charge in [0.05, 0.1) is 24.1 Å². The molecule has 1 N–H and O–H groups in total. The number of aromatic nitrogens is 1. The number of esters is 1. The maximum absolute atomic E-state index is 12.3. The van der Waals surface area contributed by atoms with Crippen molar-refractivity contribution in [1.29, 1.82) is 0 Å². The van der Waals surface area contributed by atoms with E-state index in [-0.39, 0.29) is 17.0 Å². The van der Waals surface area contributed by atoms with Gasteiger partial charge in [-0.05, 0) is 19.1 Å². The molecule has 1 heterocycles. The lowest BCUT2D eigenvalue weighted by Crippen LogP contribution is -2.25. The average molecular weight is 326 g/mol. The third kappa shape index (κ3) is 3.66. The minimum atomic E-state index is -3.82. The van der Waals surface area contributed by atoms with Gasteiger partial charge in [0.25, 0.3) is 0 Å². The van der Waals surface area contributed by atoms with Crippen molar-refractivity contribution in [1.82, 2.24) is 9.71 Å². The van der Waals surface area contributed by atoms with E-state index in [1.807, 2.05) is 12.3 Å². The van der Waals surface area contributed by atoms with Crippen molar-refractivity contribution in [2.24, 2.45) is 0 Å². The minimum absolute atomic E-state index is 0.00261. The first kappa shape index (κ1) is 15.6. The molecule has 8 heteroatoms. The van der Waals surface area contributed by atoms with E-state index in [1.165, 1.54) is 30.6 Å². The van der Waals surface area contributed by atoms with Crippen molar-refractivity contribution in [3.8, 4) is 0 Å². The molecule has 1 aromatic heterocycles. The van der Waals surface area contributed by atoms with E-state index in [2.05, 4.69) is 14.4 Å². The zero-order valence-corrected chi connectivity index (χ0v) is 13.1. The Bertz CT molecular complexity index is 753. The molecular weight excluding hydrogens is 312 g/mol. The van der Waals surface area contributed by atoms with Gasteiger partial charge < -0.3 is 4.74 Å². The monoisotopic (exact) mass is 326 g/mol. The van der Waals surface area contributed by atoms with Crippen LogP contribution in [0.1, 0.15) is 21.1 Å². The number of methoxy groups -OCH3 is 1. The molecular formula is C13H14N2O4S2. The molecule has 2 rings (SSSR count). The first-order valence-electron chi connectivity index (χ1n) is 6.02. The van der Waals surface area contributed by atoms with Crippen LogP contribution in [0, 0.1) is 6.92 Å². The van der Waals surface area contributed by atoms with Crippen LogP contribution in [0.25, 0.3) is 0 Å². The Balaban J connectivity index is 2.25. The molecule has 21 heavy (non-hydrogen) atoms. The zero-order chi connectivity index (χ0) is 15.5. The summed E-state index contributed by atoms with van der Waals surface area (Å²) in [5.74, 6) is -0.693. The Hall–Kier alpha value is -1.77. The Morgan fingerprint density at radius 2 is 2.10 bits per heavy atom. The normalized spacial score (nSPS) is 11.3. The number of hydrogen-bond acceptors (Lipinski definition) is 6. The standard InChI is InChI=1S/C13H14N2O4S2/c1-9-8-20-12(15-9)7-14-21(17,18)11-6-4-3-5-10(11)13(16)19-2/h3-6,8,14H,7H2,1-2H3. The zero-order valence-electron chi connectivity index (χ0n) is 11.5. The first-order chi connectivity index (χ1) is 9.94. The van der Waals surface area contributed by atoms with Gasteiger partial charge in [-0.3, -0.25) is 0 Å². The van der Waals surface area contributed by atoms with Gasteiger partial charge in [0.1, 0.15) is 5.01 Å². The average Bonchev–Trinajstić information content (AvgIpc) is 2.90. The third-order valence-electron chi connectivity index (χ3n) is 2.66. The molecule has 0 amide bonds. The van der Waals surface area contributed by atoms with E-state index in [1.54, 1.807) is 12.1 Å². The van der Waals surface area contributed by atoms with Crippen LogP contribution in [0.2, 0.25) is 0 Å². The summed E-state index contributed by atoms with van der Waals surface area (Å²) in [7, 11) is -2.61. The van der Waals surface area contributed by atoms with Crippen molar-refractivity contribution >= 4 is 27.3 Å². The molecule has 0 spiro atoms. The number of sulfonamides is 1.